The van der Waals surface area contributed by atoms with Crippen LogP contribution in [0.1, 0.15) is 0 Å². The summed E-state index contributed by atoms with van der Waals surface area (Å²) in [4.78, 5) is 7.07. The van der Waals surface area contributed by atoms with Crippen molar-refractivity contribution in [1.29, 1.82) is 0 Å². The summed E-state index contributed by atoms with van der Waals surface area (Å²) >= 11 is 9.81. The third-order valence-electron chi connectivity index (χ3n) is 1.79. The first-order chi connectivity index (χ1) is 5.41. The van der Waals surface area contributed by atoms with Crippen LogP contribution in [0.2, 0.25) is 24.9 Å². The summed E-state index contributed by atoms with van der Waals surface area (Å²) in [6.07, 6.45) is 0. The van der Waals surface area contributed by atoms with Crippen LogP contribution in [0.25, 0.3) is 0 Å². The van der Waals surface area contributed by atoms with Crippen LogP contribution in [0.15, 0.2) is 18.2 Å². The number of halogens is 2. The van der Waals surface area contributed by atoms with E-state index in [0.717, 1.165) is 0 Å². The molecule has 0 nitrogen and oxygen atoms in total. The summed E-state index contributed by atoms with van der Waals surface area (Å²) in [6, 6.07) is 6.01. The van der Waals surface area contributed by atoms with Crippen LogP contribution in [0.3, 0.4) is 0 Å². The first-order valence-electron chi connectivity index (χ1n) is 3.87. The van der Waals surface area contributed by atoms with Gasteiger partial charge < -0.3 is 0 Å². The van der Waals surface area contributed by atoms with Crippen LogP contribution in [0.5, 0.6) is 0 Å². The molecule has 66 valence electrons. The molecule has 1 rings (SSSR count). The Balaban J connectivity index is 3.14. The topological polar surface area (TPSA) is 0 Å². The van der Waals surface area contributed by atoms with Crippen LogP contribution in [-0.4, -0.2) is 18.4 Å². The monoisotopic (exact) mass is 310 g/mol. The van der Waals surface area contributed by atoms with Crippen molar-refractivity contribution in [1.82, 2.24) is 0 Å². The van der Waals surface area contributed by atoms with E-state index < -0.39 is 18.4 Å². The predicted molar refractivity (Wildman–Crippen MR) is 59.4 cm³/mol. The van der Waals surface area contributed by atoms with Crippen LogP contribution in [0.4, 0.5) is 0 Å². The molecule has 0 aliphatic heterocycles. The molecule has 0 unspecified atom stereocenters. The van der Waals surface area contributed by atoms with Gasteiger partial charge in [-0.15, -0.1) is 0 Å². The third-order valence-corrected chi connectivity index (χ3v) is 8.36. The quantitative estimate of drug-likeness (QED) is 0.696. The van der Waals surface area contributed by atoms with Gasteiger partial charge >= 0.3 is 88.2 Å². The van der Waals surface area contributed by atoms with Crippen molar-refractivity contribution in [2.45, 2.75) is 14.8 Å². The second-order valence-corrected chi connectivity index (χ2v) is 19.2. The van der Waals surface area contributed by atoms with E-state index in [9.17, 15) is 0 Å². The van der Waals surface area contributed by atoms with Gasteiger partial charge in [0.25, 0.3) is 0 Å². The number of rotatable bonds is 1. The Morgan fingerprint density at radius 2 is 1.58 bits per heavy atom. The molecule has 0 atom stereocenters. The first-order valence-corrected chi connectivity index (χ1v) is 14.6. The summed E-state index contributed by atoms with van der Waals surface area (Å²) in [5.74, 6) is 0. The Bertz CT molecular complexity index is 289. The van der Waals surface area contributed by atoms with Crippen molar-refractivity contribution >= 4 is 45.2 Å². The zero-order valence-corrected chi connectivity index (χ0v) is 11.9. The molecule has 0 aromatic heterocycles. The van der Waals surface area contributed by atoms with Crippen LogP contribution in [-0.2, 0) is 0 Å². The predicted octanol–water partition coefficient (Wildman–Crippen LogP) is 3.54. The van der Waals surface area contributed by atoms with E-state index in [0.29, 0.717) is 10.0 Å². The molecule has 3 heteroatoms. The molecular formula is C9H12Cl2Sn. The van der Waals surface area contributed by atoms with Gasteiger partial charge in [-0.25, -0.2) is 0 Å². The van der Waals surface area contributed by atoms with Gasteiger partial charge in [-0.2, -0.15) is 0 Å². The van der Waals surface area contributed by atoms with Gasteiger partial charge in [0.1, 0.15) is 0 Å². The molecule has 1 aromatic carbocycles. The fourth-order valence-corrected chi connectivity index (χ4v) is 4.83. The summed E-state index contributed by atoms with van der Waals surface area (Å²) < 4.78 is 1.42. The summed E-state index contributed by atoms with van der Waals surface area (Å²) in [7, 11) is 0. The van der Waals surface area contributed by atoms with E-state index in [2.05, 4.69) is 20.9 Å². The molecule has 0 amide bonds. The van der Waals surface area contributed by atoms with Crippen molar-refractivity contribution in [3.8, 4) is 0 Å². The van der Waals surface area contributed by atoms with Crippen molar-refractivity contribution < 1.29 is 0 Å². The Hall–Kier alpha value is 0.599. The minimum atomic E-state index is -1.93. The van der Waals surface area contributed by atoms with E-state index in [4.69, 9.17) is 23.2 Å². The molecule has 0 saturated carbocycles. The second kappa shape index (κ2) is 3.77. The van der Waals surface area contributed by atoms with E-state index in [1.165, 1.54) is 3.58 Å². The Labute approximate surface area is 87.8 Å². The van der Waals surface area contributed by atoms with E-state index >= 15 is 0 Å². The van der Waals surface area contributed by atoms with Gasteiger partial charge in [0.05, 0.1) is 0 Å². The second-order valence-electron chi connectivity index (χ2n) is 3.88. The molecule has 0 fully saturated rings. The third kappa shape index (κ3) is 2.54. The van der Waals surface area contributed by atoms with Crippen molar-refractivity contribution in [3.63, 3.8) is 0 Å². The number of hydrogen-bond acceptors (Lipinski definition) is 0. The van der Waals surface area contributed by atoms with Crippen LogP contribution in [0, 0.1) is 0 Å². The van der Waals surface area contributed by atoms with Gasteiger partial charge in [-0.1, -0.05) is 0 Å². The maximum absolute atomic E-state index is 5.92. The summed E-state index contributed by atoms with van der Waals surface area (Å²) in [6.45, 7) is 0. The summed E-state index contributed by atoms with van der Waals surface area (Å²) in [5, 5.41) is 1.33. The van der Waals surface area contributed by atoms with E-state index in [-0.39, 0.29) is 0 Å². The van der Waals surface area contributed by atoms with Gasteiger partial charge in [-0.3, -0.25) is 0 Å². The number of benzene rings is 1. The standard InChI is InChI=1S/C6H3Cl2.3CH3.Sn/c7-5-3-1-2-4-6(5)8;;;;/h1,3-4H;3*1H3;. The molecule has 0 spiro atoms. The molecule has 0 bridgehead atoms. The van der Waals surface area contributed by atoms with Crippen molar-refractivity contribution in [3.05, 3.63) is 28.2 Å². The molecule has 0 saturated heterocycles. The SMILES string of the molecule is [CH3][Sn]([CH3])([CH3])[c]1ccc(Cl)c(Cl)c1. The van der Waals surface area contributed by atoms with Gasteiger partial charge in [0, 0.05) is 0 Å². The van der Waals surface area contributed by atoms with Gasteiger partial charge in [-0.05, 0) is 0 Å². The Morgan fingerprint density at radius 3 is 2.00 bits per heavy atom. The molecule has 12 heavy (non-hydrogen) atoms. The van der Waals surface area contributed by atoms with Crippen LogP contribution < -0.4 is 3.58 Å². The van der Waals surface area contributed by atoms with E-state index in [1.54, 1.807) is 0 Å². The number of hydrogen-bond donors (Lipinski definition) is 0. The first kappa shape index (κ1) is 10.7. The molecule has 0 radical (unpaired) electrons. The normalized spacial score (nSPS) is 11.8. The molecule has 0 aliphatic rings. The zero-order valence-electron chi connectivity index (χ0n) is 7.49. The van der Waals surface area contributed by atoms with E-state index in [1.807, 2.05) is 12.1 Å². The maximum atomic E-state index is 5.92. The van der Waals surface area contributed by atoms with Crippen molar-refractivity contribution in [2.24, 2.45) is 0 Å². The fourth-order valence-electron chi connectivity index (χ4n) is 0.963. The van der Waals surface area contributed by atoms with Crippen LogP contribution >= 0.6 is 23.2 Å². The molecule has 1 aromatic rings. The van der Waals surface area contributed by atoms with Gasteiger partial charge in [0.15, 0.2) is 0 Å². The summed E-state index contributed by atoms with van der Waals surface area (Å²) in [5.41, 5.74) is 0. The Kier molecular flexibility index (Phi) is 3.35. The average molecular weight is 310 g/mol. The molecule has 0 aliphatic carbocycles. The minimum absolute atomic E-state index is 0.649. The Morgan fingerprint density at radius 1 is 1.00 bits per heavy atom. The molecule has 0 heterocycles. The van der Waals surface area contributed by atoms with Gasteiger partial charge in [0.2, 0.25) is 0 Å². The molecular weight excluding hydrogens is 298 g/mol. The molecule has 0 N–H and O–H groups in total. The zero-order chi connectivity index (χ0) is 9.35. The average Bonchev–Trinajstić information content (AvgIpc) is 1.92. The van der Waals surface area contributed by atoms with Crippen molar-refractivity contribution in [2.75, 3.05) is 0 Å². The fraction of sp³-hybridized carbons (Fsp3) is 0.333.